The van der Waals surface area contributed by atoms with Crippen molar-refractivity contribution < 1.29 is 38.2 Å². The van der Waals surface area contributed by atoms with Gasteiger partial charge in [-0.25, -0.2) is 19.2 Å². The Labute approximate surface area is 312 Å². The number of aromatic amines is 1. The molecule has 0 saturated heterocycles. The molecule has 16 nitrogen and oxygen atoms in total. The Hall–Kier alpha value is -5.93. The highest BCUT2D eigenvalue weighted by Gasteiger charge is 2.30. The van der Waals surface area contributed by atoms with Crippen molar-refractivity contribution in [3.05, 3.63) is 92.3 Å². The molecule has 1 aliphatic carbocycles. The van der Waals surface area contributed by atoms with Crippen LogP contribution in [-0.2, 0) is 35.1 Å². The third kappa shape index (κ3) is 11.5. The molecule has 1 heterocycles. The summed E-state index contributed by atoms with van der Waals surface area (Å²) in [6.45, 7) is 6.55. The number of hydrogen-bond donors (Lipinski definition) is 5. The van der Waals surface area contributed by atoms with Gasteiger partial charge in [0.15, 0.2) is 0 Å². The van der Waals surface area contributed by atoms with Crippen molar-refractivity contribution in [2.24, 2.45) is 0 Å². The van der Waals surface area contributed by atoms with Gasteiger partial charge in [-0.2, -0.15) is 0 Å². The Morgan fingerprint density at radius 3 is 2.04 bits per heavy atom. The van der Waals surface area contributed by atoms with Crippen LogP contribution in [0.5, 0.6) is 0 Å². The van der Waals surface area contributed by atoms with Gasteiger partial charge in [0.2, 0.25) is 11.8 Å². The molecule has 0 radical (unpaired) electrons. The monoisotopic (exact) mass is 748 g/mol. The fraction of sp³-hybridized carbons (Fsp3) is 0.447. The summed E-state index contributed by atoms with van der Waals surface area (Å²) in [5.74, 6) is -2.10. The maximum atomic E-state index is 13.4. The summed E-state index contributed by atoms with van der Waals surface area (Å²) in [6.07, 6.45) is 0.600. The van der Waals surface area contributed by atoms with Crippen molar-refractivity contribution in [1.29, 1.82) is 0 Å². The lowest BCUT2D eigenvalue weighted by atomic mass is 9.98. The maximum absolute atomic E-state index is 13.4. The van der Waals surface area contributed by atoms with E-state index in [1.165, 1.54) is 13.1 Å². The Kier molecular flexibility index (Phi) is 14.1. The molecule has 3 aromatic rings. The highest BCUT2D eigenvalue weighted by atomic mass is 16.6. The van der Waals surface area contributed by atoms with Gasteiger partial charge in [-0.1, -0.05) is 48.5 Å². The molecule has 0 saturated carbocycles. The van der Waals surface area contributed by atoms with E-state index in [9.17, 15) is 33.6 Å². The molecule has 290 valence electrons. The third-order valence-electron chi connectivity index (χ3n) is 8.58. The van der Waals surface area contributed by atoms with Crippen LogP contribution in [0, 0.1) is 6.92 Å². The summed E-state index contributed by atoms with van der Waals surface area (Å²) in [4.78, 5) is 89.6. The van der Waals surface area contributed by atoms with Crippen LogP contribution in [0.2, 0.25) is 0 Å². The van der Waals surface area contributed by atoms with E-state index < -0.39 is 65.4 Å². The normalized spacial score (nSPS) is 13.1. The highest BCUT2D eigenvalue weighted by Crippen LogP contribution is 2.44. The standard InChI is InChI=1S/C38H48N6O10/c1-23-20-44(35(49)43-32(23)46)21-31(45)41-30(34(48)52-5)17-11-18-39-33(47)29(16-10-19-40-36(50)54-38(2,3)4)42-37(51)53-22-28-26-14-8-6-12-24(26)25-13-7-9-15-27(25)28/h6-9,12-15,20,28-30H,10-11,16-19,21-22H2,1-5H3,(H,39,47)(H,40,50)(H,41,45)(H,42,51)(H,43,46,49)/t29-,30-/m0/s1. The zero-order valence-electron chi connectivity index (χ0n) is 31.1. The Balaban J connectivity index is 1.33. The number of rotatable bonds is 16. The molecule has 4 amide bonds. The van der Waals surface area contributed by atoms with Gasteiger partial charge < -0.3 is 35.5 Å². The molecule has 0 spiro atoms. The van der Waals surface area contributed by atoms with Crippen LogP contribution in [0.15, 0.2) is 64.3 Å². The molecule has 1 aromatic heterocycles. The van der Waals surface area contributed by atoms with Crippen LogP contribution in [-0.4, -0.2) is 84.0 Å². The largest absolute Gasteiger partial charge is 0.467 e. The summed E-state index contributed by atoms with van der Waals surface area (Å²) < 4.78 is 16.8. The van der Waals surface area contributed by atoms with E-state index in [0.717, 1.165) is 33.9 Å². The number of benzene rings is 2. The van der Waals surface area contributed by atoms with Crippen molar-refractivity contribution in [3.63, 3.8) is 0 Å². The topological polar surface area (TPSA) is 216 Å². The molecule has 2 atom stereocenters. The second-order valence-electron chi connectivity index (χ2n) is 13.9. The lowest BCUT2D eigenvalue weighted by molar-refractivity contribution is -0.145. The number of esters is 1. The molecular weight excluding hydrogens is 700 g/mol. The second-order valence-corrected chi connectivity index (χ2v) is 13.9. The number of aryl methyl sites for hydroxylation is 1. The van der Waals surface area contributed by atoms with Crippen molar-refractivity contribution >= 4 is 30.0 Å². The number of methoxy groups -OCH3 is 1. The average molecular weight is 749 g/mol. The third-order valence-corrected chi connectivity index (χ3v) is 8.58. The first-order valence-electron chi connectivity index (χ1n) is 17.7. The van der Waals surface area contributed by atoms with E-state index in [2.05, 4.69) is 26.3 Å². The van der Waals surface area contributed by atoms with Crippen LogP contribution >= 0.6 is 0 Å². The summed E-state index contributed by atoms with van der Waals surface area (Å²) in [6, 6.07) is 13.7. The van der Waals surface area contributed by atoms with E-state index >= 15 is 0 Å². The number of H-pyrrole nitrogens is 1. The lowest BCUT2D eigenvalue weighted by Crippen LogP contribution is -2.48. The Morgan fingerprint density at radius 2 is 1.43 bits per heavy atom. The van der Waals surface area contributed by atoms with E-state index in [1.54, 1.807) is 20.8 Å². The van der Waals surface area contributed by atoms with Gasteiger partial charge in [0.05, 0.1) is 7.11 Å². The molecule has 1 aliphatic rings. The number of fused-ring (bicyclic) bond motifs is 3. The number of alkyl carbamates (subject to hydrolysis) is 2. The molecule has 0 fully saturated rings. The van der Waals surface area contributed by atoms with Gasteiger partial charge in [0.1, 0.15) is 30.8 Å². The minimum absolute atomic E-state index is 0.0471. The fourth-order valence-electron chi connectivity index (χ4n) is 6.02. The van der Waals surface area contributed by atoms with Gasteiger partial charge in [0, 0.05) is 30.8 Å². The predicted molar refractivity (Wildman–Crippen MR) is 198 cm³/mol. The molecule has 54 heavy (non-hydrogen) atoms. The first-order chi connectivity index (χ1) is 25.7. The van der Waals surface area contributed by atoms with Gasteiger partial charge in [0.25, 0.3) is 5.56 Å². The molecule has 4 rings (SSSR count). The average Bonchev–Trinajstić information content (AvgIpc) is 3.44. The molecule has 0 bridgehead atoms. The zero-order chi connectivity index (χ0) is 39.4. The van der Waals surface area contributed by atoms with Gasteiger partial charge in [-0.3, -0.25) is 23.9 Å². The van der Waals surface area contributed by atoms with E-state index in [0.29, 0.717) is 6.42 Å². The number of hydrogen-bond acceptors (Lipinski definition) is 10. The van der Waals surface area contributed by atoms with Gasteiger partial charge in [-0.05, 0) is 75.6 Å². The molecule has 0 aliphatic heterocycles. The minimum Gasteiger partial charge on any atom is -0.467 e. The molecular formula is C38H48N6O10. The zero-order valence-corrected chi connectivity index (χ0v) is 31.1. The Bertz CT molecular complexity index is 1900. The maximum Gasteiger partial charge on any atom is 0.407 e. The summed E-state index contributed by atoms with van der Waals surface area (Å²) in [5, 5.41) is 10.6. The van der Waals surface area contributed by atoms with Crippen LogP contribution < -0.4 is 32.5 Å². The van der Waals surface area contributed by atoms with Crippen LogP contribution in [0.25, 0.3) is 11.1 Å². The van der Waals surface area contributed by atoms with Gasteiger partial charge in [-0.15, -0.1) is 0 Å². The number of aromatic nitrogens is 2. The van der Waals surface area contributed by atoms with Crippen molar-refractivity contribution in [3.8, 4) is 11.1 Å². The van der Waals surface area contributed by atoms with Crippen molar-refractivity contribution in [2.45, 2.75) is 83.5 Å². The molecule has 5 N–H and O–H groups in total. The predicted octanol–water partition coefficient (Wildman–Crippen LogP) is 2.61. The first kappa shape index (κ1) is 40.8. The van der Waals surface area contributed by atoms with Crippen LogP contribution in [0.3, 0.4) is 0 Å². The lowest BCUT2D eigenvalue weighted by Gasteiger charge is -2.21. The smallest absolute Gasteiger partial charge is 0.407 e. The molecule has 16 heteroatoms. The number of amides is 4. The highest BCUT2D eigenvalue weighted by molar-refractivity contribution is 5.86. The number of carbonyl (C=O) groups excluding carboxylic acids is 5. The number of nitrogens with one attached hydrogen (secondary N) is 5. The number of ether oxygens (including phenoxy) is 3. The minimum atomic E-state index is -1.09. The molecule has 0 unspecified atom stereocenters. The van der Waals surface area contributed by atoms with E-state index in [-0.39, 0.29) is 50.4 Å². The van der Waals surface area contributed by atoms with Crippen LogP contribution in [0.4, 0.5) is 9.59 Å². The van der Waals surface area contributed by atoms with Crippen LogP contribution in [0.1, 0.15) is 69.1 Å². The SMILES string of the molecule is COC(=O)[C@H](CCCNC(=O)[C@H](CCCNC(=O)OC(C)(C)C)NC(=O)OCC1c2ccccc2-c2ccccc21)NC(=O)Cn1cc(C)c(=O)[nH]c1=O. The molecule has 2 aromatic carbocycles. The first-order valence-corrected chi connectivity index (χ1v) is 17.7. The van der Waals surface area contributed by atoms with Crippen molar-refractivity contribution in [1.82, 2.24) is 30.8 Å². The summed E-state index contributed by atoms with van der Waals surface area (Å²) in [5.41, 5.74) is 2.42. The summed E-state index contributed by atoms with van der Waals surface area (Å²) >= 11 is 0. The fourth-order valence-corrected chi connectivity index (χ4v) is 6.02. The Morgan fingerprint density at radius 1 is 0.833 bits per heavy atom. The van der Waals surface area contributed by atoms with Gasteiger partial charge >= 0.3 is 23.8 Å². The number of nitrogens with zero attached hydrogens (tertiary/aromatic N) is 1. The number of carbonyl (C=O) groups is 5. The summed E-state index contributed by atoms with van der Waals surface area (Å²) in [7, 11) is 1.16. The quantitative estimate of drug-likeness (QED) is 0.0820. The second kappa shape index (κ2) is 18.7. The van der Waals surface area contributed by atoms with E-state index in [4.69, 9.17) is 14.2 Å². The van der Waals surface area contributed by atoms with E-state index in [1.807, 2.05) is 48.5 Å². The van der Waals surface area contributed by atoms with Crippen molar-refractivity contribution in [2.75, 3.05) is 26.8 Å².